The molecule has 0 spiro atoms. The molecule has 1 amide bonds. The van der Waals surface area contributed by atoms with Crippen molar-refractivity contribution in [2.24, 2.45) is 0 Å². The fourth-order valence-electron chi connectivity index (χ4n) is 1.67. The molecule has 2 rings (SSSR count). The Hall–Kier alpha value is -1.62. The minimum Gasteiger partial charge on any atom is -0.464 e. The van der Waals surface area contributed by atoms with E-state index in [4.69, 9.17) is 4.42 Å². The predicted octanol–water partition coefficient (Wildman–Crippen LogP) is 2.55. The van der Waals surface area contributed by atoms with Crippen molar-refractivity contribution in [1.82, 2.24) is 9.88 Å². The minimum absolute atomic E-state index is 0.0503. The molecule has 2 heterocycles. The lowest BCUT2D eigenvalue weighted by molar-refractivity contribution is -0.129. The van der Waals surface area contributed by atoms with Crippen LogP contribution in [0.5, 0.6) is 0 Å². The third-order valence-corrected chi connectivity index (χ3v) is 3.44. The van der Waals surface area contributed by atoms with Crippen LogP contribution in [-0.4, -0.2) is 22.8 Å². The van der Waals surface area contributed by atoms with E-state index in [0.29, 0.717) is 13.0 Å². The number of carbonyl (C=O) groups is 1. The van der Waals surface area contributed by atoms with Gasteiger partial charge in [0.25, 0.3) is 0 Å². The monoisotopic (exact) mass is 264 g/mol. The number of rotatable bonds is 4. The van der Waals surface area contributed by atoms with Crippen molar-refractivity contribution in [2.75, 3.05) is 7.05 Å². The predicted molar refractivity (Wildman–Crippen MR) is 70.5 cm³/mol. The van der Waals surface area contributed by atoms with E-state index in [9.17, 15) is 4.79 Å². The summed E-state index contributed by atoms with van der Waals surface area (Å²) in [5, 5.41) is 2.92. The number of likely N-dealkylation sites (N-methyl/N-ethyl adjacent to an activating group) is 1. The first kappa shape index (κ1) is 12.8. The van der Waals surface area contributed by atoms with Gasteiger partial charge in [-0.25, -0.2) is 4.98 Å². The first-order chi connectivity index (χ1) is 8.54. The smallest absolute Gasteiger partial charge is 0.228 e. The Morgan fingerprint density at radius 2 is 2.22 bits per heavy atom. The van der Waals surface area contributed by atoms with Crippen LogP contribution < -0.4 is 0 Å². The van der Waals surface area contributed by atoms with E-state index in [0.717, 1.165) is 22.2 Å². The van der Waals surface area contributed by atoms with Crippen molar-refractivity contribution in [3.8, 4) is 0 Å². The summed E-state index contributed by atoms with van der Waals surface area (Å²) in [4.78, 5) is 17.9. The molecule has 5 heteroatoms. The Kier molecular flexibility index (Phi) is 3.81. The molecule has 2 aromatic heterocycles. The van der Waals surface area contributed by atoms with Crippen LogP contribution in [0.15, 0.2) is 21.9 Å². The molecule has 0 saturated carbocycles. The third kappa shape index (κ3) is 3.20. The molecular formula is C13H16N2O2S. The highest BCUT2D eigenvalue weighted by Gasteiger charge is 2.13. The van der Waals surface area contributed by atoms with Gasteiger partial charge in [0.1, 0.15) is 11.5 Å². The fraction of sp³-hybridized carbons (Fsp3) is 0.385. The van der Waals surface area contributed by atoms with E-state index in [1.165, 1.54) is 0 Å². The second-order valence-electron chi connectivity index (χ2n) is 4.30. The SMILES string of the molecule is Cc1ccc(CN(C)C(=O)Cc2csc(C)n2)o1. The Morgan fingerprint density at radius 1 is 1.44 bits per heavy atom. The molecule has 18 heavy (non-hydrogen) atoms. The standard InChI is InChI=1S/C13H16N2O2S/c1-9-4-5-12(17-9)7-15(3)13(16)6-11-8-18-10(2)14-11/h4-5,8H,6-7H2,1-3H3. The molecule has 0 fully saturated rings. The van der Waals surface area contributed by atoms with Gasteiger partial charge in [0.2, 0.25) is 5.91 Å². The summed E-state index contributed by atoms with van der Waals surface area (Å²) < 4.78 is 5.45. The highest BCUT2D eigenvalue weighted by molar-refractivity contribution is 7.09. The van der Waals surface area contributed by atoms with Crippen LogP contribution in [0.1, 0.15) is 22.2 Å². The number of aryl methyl sites for hydroxylation is 2. The lowest BCUT2D eigenvalue weighted by Gasteiger charge is -2.14. The average molecular weight is 264 g/mol. The average Bonchev–Trinajstić information content (AvgIpc) is 2.88. The van der Waals surface area contributed by atoms with Gasteiger partial charge in [-0.15, -0.1) is 11.3 Å². The Morgan fingerprint density at radius 3 is 2.78 bits per heavy atom. The first-order valence-corrected chi connectivity index (χ1v) is 6.63. The molecule has 0 bridgehead atoms. The second-order valence-corrected chi connectivity index (χ2v) is 5.36. The molecule has 0 saturated heterocycles. The van der Waals surface area contributed by atoms with Crippen LogP contribution in [0.4, 0.5) is 0 Å². The highest BCUT2D eigenvalue weighted by Crippen LogP contribution is 2.12. The Labute approximate surface area is 110 Å². The van der Waals surface area contributed by atoms with Crippen LogP contribution in [0, 0.1) is 13.8 Å². The summed E-state index contributed by atoms with van der Waals surface area (Å²) in [5.74, 6) is 1.72. The maximum absolute atomic E-state index is 12.0. The van der Waals surface area contributed by atoms with Crippen LogP contribution in [0.2, 0.25) is 0 Å². The summed E-state index contributed by atoms with van der Waals surface area (Å²) in [6, 6.07) is 3.80. The fourth-order valence-corrected chi connectivity index (χ4v) is 2.28. The normalized spacial score (nSPS) is 10.6. The zero-order chi connectivity index (χ0) is 13.1. The van der Waals surface area contributed by atoms with Crippen molar-refractivity contribution in [3.63, 3.8) is 0 Å². The van der Waals surface area contributed by atoms with E-state index in [1.807, 2.05) is 31.4 Å². The van der Waals surface area contributed by atoms with Crippen LogP contribution in [0.25, 0.3) is 0 Å². The van der Waals surface area contributed by atoms with Gasteiger partial charge >= 0.3 is 0 Å². The molecule has 0 aliphatic heterocycles. The second kappa shape index (κ2) is 5.35. The van der Waals surface area contributed by atoms with E-state index in [1.54, 1.807) is 23.3 Å². The number of nitrogens with zero attached hydrogens (tertiary/aromatic N) is 2. The van der Waals surface area contributed by atoms with Gasteiger partial charge in [0.15, 0.2) is 0 Å². The maximum atomic E-state index is 12.0. The number of carbonyl (C=O) groups excluding carboxylic acids is 1. The number of furan rings is 1. The van der Waals surface area contributed by atoms with Crippen LogP contribution in [-0.2, 0) is 17.8 Å². The molecular weight excluding hydrogens is 248 g/mol. The zero-order valence-corrected chi connectivity index (χ0v) is 11.6. The number of hydrogen-bond acceptors (Lipinski definition) is 4. The lowest BCUT2D eigenvalue weighted by Crippen LogP contribution is -2.27. The summed E-state index contributed by atoms with van der Waals surface area (Å²) in [6.07, 6.45) is 0.348. The number of aromatic nitrogens is 1. The molecule has 0 aliphatic rings. The lowest BCUT2D eigenvalue weighted by atomic mass is 10.3. The topological polar surface area (TPSA) is 46.3 Å². The third-order valence-electron chi connectivity index (χ3n) is 2.61. The van der Waals surface area contributed by atoms with Gasteiger partial charge < -0.3 is 9.32 Å². The Bertz CT molecular complexity index is 545. The van der Waals surface area contributed by atoms with E-state index >= 15 is 0 Å². The highest BCUT2D eigenvalue weighted by atomic mass is 32.1. The number of amides is 1. The van der Waals surface area contributed by atoms with Gasteiger partial charge in [0.05, 0.1) is 23.7 Å². The number of hydrogen-bond donors (Lipinski definition) is 0. The summed E-state index contributed by atoms with van der Waals surface area (Å²) in [7, 11) is 1.78. The van der Waals surface area contributed by atoms with Crippen molar-refractivity contribution < 1.29 is 9.21 Å². The van der Waals surface area contributed by atoms with E-state index < -0.39 is 0 Å². The molecule has 0 aliphatic carbocycles. The maximum Gasteiger partial charge on any atom is 0.228 e. The molecule has 0 radical (unpaired) electrons. The van der Waals surface area contributed by atoms with Gasteiger partial charge in [-0.3, -0.25) is 4.79 Å². The summed E-state index contributed by atoms with van der Waals surface area (Å²) in [6.45, 7) is 4.33. The van der Waals surface area contributed by atoms with Gasteiger partial charge in [-0.2, -0.15) is 0 Å². The Balaban J connectivity index is 1.92. The minimum atomic E-state index is 0.0503. The quantitative estimate of drug-likeness (QED) is 0.852. The molecule has 0 aromatic carbocycles. The van der Waals surface area contributed by atoms with Crippen LogP contribution >= 0.6 is 11.3 Å². The van der Waals surface area contributed by atoms with Gasteiger partial charge in [-0.05, 0) is 26.0 Å². The van der Waals surface area contributed by atoms with Crippen molar-refractivity contribution in [1.29, 1.82) is 0 Å². The van der Waals surface area contributed by atoms with Crippen molar-refractivity contribution in [2.45, 2.75) is 26.8 Å². The van der Waals surface area contributed by atoms with Crippen molar-refractivity contribution in [3.05, 3.63) is 39.7 Å². The largest absolute Gasteiger partial charge is 0.464 e. The van der Waals surface area contributed by atoms with Gasteiger partial charge in [0, 0.05) is 12.4 Å². The molecule has 0 atom stereocenters. The zero-order valence-electron chi connectivity index (χ0n) is 10.8. The van der Waals surface area contributed by atoms with E-state index in [-0.39, 0.29) is 5.91 Å². The molecule has 0 unspecified atom stereocenters. The van der Waals surface area contributed by atoms with Crippen molar-refractivity contribution >= 4 is 17.2 Å². The van der Waals surface area contributed by atoms with Gasteiger partial charge in [-0.1, -0.05) is 0 Å². The molecule has 96 valence electrons. The van der Waals surface area contributed by atoms with E-state index in [2.05, 4.69) is 4.98 Å². The molecule has 4 nitrogen and oxygen atoms in total. The number of thiazole rings is 1. The molecule has 2 aromatic rings. The summed E-state index contributed by atoms with van der Waals surface area (Å²) >= 11 is 1.57. The first-order valence-electron chi connectivity index (χ1n) is 5.75. The molecule has 0 N–H and O–H groups in total. The summed E-state index contributed by atoms with van der Waals surface area (Å²) in [5.41, 5.74) is 0.838. The van der Waals surface area contributed by atoms with Crippen LogP contribution in [0.3, 0.4) is 0 Å².